The fraction of sp³-hybridized carbons (Fsp3) is 0.643. The molecule has 0 spiro atoms. The highest BCUT2D eigenvalue weighted by atomic mass is 127. The number of thiophene rings is 1. The normalized spacial score (nSPS) is 21.0. The molecule has 1 heterocycles. The zero-order valence-electron chi connectivity index (χ0n) is 13.9. The molecule has 1 aliphatic rings. The number of nitrogens with zero attached hydrogens (tertiary/aromatic N) is 2. The lowest BCUT2D eigenvalue weighted by Gasteiger charge is -2.10. The Labute approximate surface area is 159 Å². The van der Waals surface area contributed by atoms with Crippen LogP contribution in [0.15, 0.2) is 21.3 Å². The van der Waals surface area contributed by atoms with Crippen molar-refractivity contribution < 1.29 is 8.42 Å². The van der Waals surface area contributed by atoms with Crippen LogP contribution >= 0.6 is 35.3 Å². The Balaban J connectivity index is 0.00000264. The lowest BCUT2D eigenvalue weighted by atomic mass is 10.4. The van der Waals surface area contributed by atoms with Crippen LogP contribution < -0.4 is 10.6 Å². The van der Waals surface area contributed by atoms with Gasteiger partial charge < -0.3 is 10.6 Å². The third-order valence-electron chi connectivity index (χ3n) is 3.54. The summed E-state index contributed by atoms with van der Waals surface area (Å²) in [6.07, 6.45) is 1.18. The molecule has 1 aromatic heterocycles. The molecule has 1 fully saturated rings. The quantitative estimate of drug-likeness (QED) is 0.378. The SMILES string of the molecule is CCNC(=NCc1ccc(S(=O)(=O)N(C)C)s1)NC1CC1C.I. The van der Waals surface area contributed by atoms with Crippen molar-refractivity contribution >= 4 is 51.3 Å². The summed E-state index contributed by atoms with van der Waals surface area (Å²) in [5.41, 5.74) is 0. The third kappa shape index (κ3) is 5.57. The van der Waals surface area contributed by atoms with Gasteiger partial charge in [-0.2, -0.15) is 0 Å². The van der Waals surface area contributed by atoms with E-state index >= 15 is 0 Å². The summed E-state index contributed by atoms with van der Waals surface area (Å²) in [4.78, 5) is 5.47. The number of hydrogen-bond acceptors (Lipinski definition) is 4. The van der Waals surface area contributed by atoms with Crippen LogP contribution in [0.5, 0.6) is 0 Å². The maximum Gasteiger partial charge on any atom is 0.252 e. The van der Waals surface area contributed by atoms with E-state index in [9.17, 15) is 8.42 Å². The molecule has 2 unspecified atom stereocenters. The van der Waals surface area contributed by atoms with Crippen LogP contribution in [0.3, 0.4) is 0 Å². The summed E-state index contributed by atoms with van der Waals surface area (Å²) in [6.45, 7) is 5.51. The summed E-state index contributed by atoms with van der Waals surface area (Å²) in [7, 11) is -0.272. The molecule has 0 amide bonds. The molecule has 0 bridgehead atoms. The van der Waals surface area contributed by atoms with Gasteiger partial charge in [-0.05, 0) is 31.4 Å². The van der Waals surface area contributed by atoms with Crippen molar-refractivity contribution in [1.29, 1.82) is 0 Å². The zero-order valence-corrected chi connectivity index (χ0v) is 17.8. The molecule has 0 saturated heterocycles. The highest BCUT2D eigenvalue weighted by Gasteiger charge is 2.33. The smallest absolute Gasteiger partial charge is 0.252 e. The minimum Gasteiger partial charge on any atom is -0.357 e. The molecule has 9 heteroatoms. The van der Waals surface area contributed by atoms with E-state index < -0.39 is 10.0 Å². The fourth-order valence-corrected chi connectivity index (χ4v) is 4.39. The molecule has 2 atom stereocenters. The predicted octanol–water partition coefficient (Wildman–Crippen LogP) is 2.08. The van der Waals surface area contributed by atoms with E-state index in [-0.39, 0.29) is 24.0 Å². The van der Waals surface area contributed by atoms with Crippen LogP contribution in [0.4, 0.5) is 0 Å². The summed E-state index contributed by atoms with van der Waals surface area (Å²) in [6, 6.07) is 3.98. The number of hydrogen-bond donors (Lipinski definition) is 2. The van der Waals surface area contributed by atoms with Crippen molar-refractivity contribution in [3.8, 4) is 0 Å². The molecule has 1 saturated carbocycles. The first-order chi connectivity index (χ1) is 10.3. The van der Waals surface area contributed by atoms with Crippen molar-refractivity contribution in [2.75, 3.05) is 20.6 Å². The molecule has 2 N–H and O–H groups in total. The van der Waals surface area contributed by atoms with Crippen LogP contribution in [0.2, 0.25) is 0 Å². The van der Waals surface area contributed by atoms with Gasteiger partial charge in [0.25, 0.3) is 10.0 Å². The minimum atomic E-state index is -3.35. The predicted molar refractivity (Wildman–Crippen MR) is 106 cm³/mol. The first-order valence-electron chi connectivity index (χ1n) is 7.40. The van der Waals surface area contributed by atoms with Gasteiger partial charge in [-0.3, -0.25) is 0 Å². The number of guanidine groups is 1. The van der Waals surface area contributed by atoms with E-state index in [4.69, 9.17) is 0 Å². The maximum atomic E-state index is 12.1. The largest absolute Gasteiger partial charge is 0.357 e. The summed E-state index contributed by atoms with van der Waals surface area (Å²) >= 11 is 1.27. The molecule has 23 heavy (non-hydrogen) atoms. The lowest BCUT2D eigenvalue weighted by molar-refractivity contribution is 0.523. The van der Waals surface area contributed by atoms with Crippen LogP contribution in [-0.2, 0) is 16.6 Å². The van der Waals surface area contributed by atoms with E-state index in [0.717, 1.165) is 17.4 Å². The fourth-order valence-electron chi connectivity index (χ4n) is 1.94. The van der Waals surface area contributed by atoms with Crippen LogP contribution in [-0.4, -0.2) is 45.4 Å². The number of sulfonamides is 1. The Morgan fingerprint density at radius 1 is 1.43 bits per heavy atom. The molecule has 6 nitrogen and oxygen atoms in total. The number of halogens is 1. The van der Waals surface area contributed by atoms with Gasteiger partial charge in [0.2, 0.25) is 0 Å². The summed E-state index contributed by atoms with van der Waals surface area (Å²) in [5.74, 6) is 1.49. The minimum absolute atomic E-state index is 0. The first-order valence-corrected chi connectivity index (χ1v) is 9.66. The van der Waals surface area contributed by atoms with Crippen molar-refractivity contribution in [2.45, 2.75) is 37.1 Å². The van der Waals surface area contributed by atoms with Gasteiger partial charge in [0.05, 0.1) is 6.54 Å². The highest BCUT2D eigenvalue weighted by molar-refractivity contribution is 14.0. The van der Waals surface area contributed by atoms with Gasteiger partial charge in [-0.15, -0.1) is 35.3 Å². The van der Waals surface area contributed by atoms with E-state index in [0.29, 0.717) is 22.7 Å². The molecular formula is C14H25IN4O2S2. The standard InChI is InChI=1S/C14H24N4O2S2.HI/c1-5-15-14(17-12-8-10(12)2)16-9-11-6-7-13(21-11)22(19,20)18(3)4;/h6-7,10,12H,5,8-9H2,1-4H3,(H2,15,16,17);1H. The van der Waals surface area contributed by atoms with Gasteiger partial charge in [0.15, 0.2) is 5.96 Å². The van der Waals surface area contributed by atoms with E-state index in [1.807, 2.05) is 13.0 Å². The number of aliphatic imine (C=N–C) groups is 1. The summed E-state index contributed by atoms with van der Waals surface area (Å²) in [5, 5.41) is 6.60. The van der Waals surface area contributed by atoms with E-state index in [2.05, 4.69) is 22.5 Å². The van der Waals surface area contributed by atoms with Crippen LogP contribution in [0.1, 0.15) is 25.1 Å². The molecular weight excluding hydrogens is 447 g/mol. The van der Waals surface area contributed by atoms with Crippen molar-refractivity contribution in [2.24, 2.45) is 10.9 Å². The van der Waals surface area contributed by atoms with Gasteiger partial charge >= 0.3 is 0 Å². The van der Waals surface area contributed by atoms with Crippen LogP contribution in [0.25, 0.3) is 0 Å². The second kappa shape index (κ2) is 8.63. The van der Waals surface area contributed by atoms with Crippen LogP contribution in [0, 0.1) is 5.92 Å². The second-order valence-corrected chi connectivity index (χ2v) is 9.21. The van der Waals surface area contributed by atoms with Gasteiger partial charge in [-0.25, -0.2) is 17.7 Å². The molecule has 1 aliphatic carbocycles. The second-order valence-electron chi connectivity index (χ2n) is 5.67. The Hall–Kier alpha value is -0.390. The van der Waals surface area contributed by atoms with E-state index in [1.165, 1.54) is 36.2 Å². The number of rotatable bonds is 6. The van der Waals surface area contributed by atoms with E-state index in [1.54, 1.807) is 6.07 Å². The number of nitrogens with one attached hydrogen (secondary N) is 2. The Bertz CT molecular complexity index is 643. The molecule has 2 rings (SSSR count). The highest BCUT2D eigenvalue weighted by Crippen LogP contribution is 2.29. The molecule has 1 aromatic rings. The zero-order chi connectivity index (χ0) is 16.3. The monoisotopic (exact) mass is 472 g/mol. The van der Waals surface area contributed by atoms with Gasteiger partial charge in [-0.1, -0.05) is 6.92 Å². The van der Waals surface area contributed by atoms with Crippen molar-refractivity contribution in [3.05, 3.63) is 17.0 Å². The Morgan fingerprint density at radius 2 is 2.09 bits per heavy atom. The van der Waals surface area contributed by atoms with Crippen molar-refractivity contribution in [1.82, 2.24) is 14.9 Å². The Kier molecular flexibility index (Phi) is 7.75. The first kappa shape index (κ1) is 20.7. The average molecular weight is 472 g/mol. The third-order valence-corrected chi connectivity index (χ3v) is 6.89. The van der Waals surface area contributed by atoms with Gasteiger partial charge in [0.1, 0.15) is 4.21 Å². The molecule has 0 aliphatic heterocycles. The molecule has 0 radical (unpaired) electrons. The lowest BCUT2D eigenvalue weighted by Crippen LogP contribution is -2.39. The topological polar surface area (TPSA) is 73.8 Å². The van der Waals surface area contributed by atoms with Gasteiger partial charge in [0, 0.05) is 31.6 Å². The summed E-state index contributed by atoms with van der Waals surface area (Å²) < 4.78 is 25.7. The molecule has 0 aromatic carbocycles. The van der Waals surface area contributed by atoms with Crippen molar-refractivity contribution in [3.63, 3.8) is 0 Å². The molecule has 132 valence electrons. The maximum absolute atomic E-state index is 12.1. The average Bonchev–Trinajstić information content (AvgIpc) is 2.95. The Morgan fingerprint density at radius 3 is 2.61 bits per heavy atom.